The molecule has 1 aromatic rings. The van der Waals surface area contributed by atoms with E-state index in [2.05, 4.69) is 5.43 Å². The monoisotopic (exact) mass is 227 g/mol. The smallest absolute Gasteiger partial charge is 0.277 e. The number of anilines is 1. The van der Waals surface area contributed by atoms with Crippen LogP contribution >= 0.6 is 11.3 Å². The van der Waals surface area contributed by atoms with Crippen LogP contribution in [-0.2, 0) is 4.74 Å². The molecule has 5 nitrogen and oxygen atoms in total. The van der Waals surface area contributed by atoms with E-state index in [4.69, 9.17) is 10.5 Å². The number of hydrogen-bond donors (Lipinski definition) is 2. The predicted octanol–water partition coefficient (Wildman–Crippen LogP) is 0.307. The average molecular weight is 227 g/mol. The van der Waals surface area contributed by atoms with E-state index >= 15 is 0 Å². The lowest BCUT2D eigenvalue weighted by Gasteiger charge is -2.26. The van der Waals surface area contributed by atoms with Gasteiger partial charge in [-0.1, -0.05) is 0 Å². The van der Waals surface area contributed by atoms with Crippen LogP contribution < -0.4 is 11.2 Å². The fourth-order valence-electron chi connectivity index (χ4n) is 1.37. The van der Waals surface area contributed by atoms with Gasteiger partial charge in [-0.3, -0.25) is 10.2 Å². The van der Waals surface area contributed by atoms with Crippen LogP contribution in [0.3, 0.4) is 0 Å². The van der Waals surface area contributed by atoms with E-state index in [0.29, 0.717) is 23.8 Å². The second-order valence-electron chi connectivity index (χ2n) is 3.25. The summed E-state index contributed by atoms with van der Waals surface area (Å²) in [5.41, 5.74) is 8.99. The maximum Gasteiger partial charge on any atom is 0.277 e. The zero-order valence-electron chi connectivity index (χ0n) is 8.23. The number of nitrogens with zero attached hydrogens (tertiary/aromatic N) is 1. The third-order valence-corrected chi connectivity index (χ3v) is 3.10. The highest BCUT2D eigenvalue weighted by Crippen LogP contribution is 2.18. The van der Waals surface area contributed by atoms with E-state index in [1.165, 1.54) is 11.3 Å². The van der Waals surface area contributed by atoms with Crippen molar-refractivity contribution in [3.05, 3.63) is 16.3 Å². The number of nitrogen functional groups attached to an aromatic ring is 1. The molecular formula is C9H13N3O2S. The van der Waals surface area contributed by atoms with Crippen LogP contribution in [0.5, 0.6) is 0 Å². The van der Waals surface area contributed by atoms with Gasteiger partial charge < -0.3 is 10.5 Å². The van der Waals surface area contributed by atoms with Gasteiger partial charge in [0.25, 0.3) is 5.91 Å². The van der Waals surface area contributed by atoms with Crippen LogP contribution in [0.25, 0.3) is 0 Å². The quantitative estimate of drug-likeness (QED) is 0.763. The number of carbonyl (C=O) groups is 1. The first-order valence-corrected chi connectivity index (χ1v) is 5.62. The minimum atomic E-state index is -0.135. The van der Waals surface area contributed by atoms with Crippen molar-refractivity contribution in [3.63, 3.8) is 0 Å². The van der Waals surface area contributed by atoms with Gasteiger partial charge in [-0.05, 0) is 11.4 Å². The molecule has 0 aromatic carbocycles. The molecule has 2 rings (SSSR count). The maximum absolute atomic E-state index is 11.7. The summed E-state index contributed by atoms with van der Waals surface area (Å²) >= 11 is 1.35. The Balaban J connectivity index is 1.94. The third-order valence-electron chi connectivity index (χ3n) is 2.17. The Hall–Kier alpha value is -1.11. The van der Waals surface area contributed by atoms with Crippen molar-refractivity contribution >= 4 is 22.9 Å². The van der Waals surface area contributed by atoms with Crippen molar-refractivity contribution in [1.29, 1.82) is 0 Å². The maximum atomic E-state index is 11.7. The van der Waals surface area contributed by atoms with E-state index in [-0.39, 0.29) is 5.91 Å². The van der Waals surface area contributed by atoms with Gasteiger partial charge in [0.2, 0.25) is 0 Å². The Labute approximate surface area is 91.8 Å². The summed E-state index contributed by atoms with van der Waals surface area (Å²) in [6, 6.07) is 1.74. The highest BCUT2D eigenvalue weighted by atomic mass is 32.1. The second kappa shape index (κ2) is 4.61. The topological polar surface area (TPSA) is 67.6 Å². The number of carbonyl (C=O) groups excluding carboxylic acids is 1. The van der Waals surface area contributed by atoms with Crippen molar-refractivity contribution in [2.75, 3.05) is 32.0 Å². The molecule has 15 heavy (non-hydrogen) atoms. The van der Waals surface area contributed by atoms with Gasteiger partial charge in [-0.15, -0.1) is 11.3 Å². The Morgan fingerprint density at radius 1 is 1.53 bits per heavy atom. The minimum absolute atomic E-state index is 0.135. The Bertz CT molecular complexity index is 347. The molecule has 1 amide bonds. The number of amides is 1. The van der Waals surface area contributed by atoms with Gasteiger partial charge in [0.15, 0.2) is 0 Å². The summed E-state index contributed by atoms with van der Waals surface area (Å²) in [6.45, 7) is 2.74. The van der Waals surface area contributed by atoms with Crippen LogP contribution in [-0.4, -0.2) is 37.2 Å². The van der Waals surface area contributed by atoms with Crippen molar-refractivity contribution in [2.24, 2.45) is 0 Å². The van der Waals surface area contributed by atoms with Crippen LogP contribution in [0, 0.1) is 0 Å². The molecule has 1 aliphatic rings. The lowest BCUT2D eigenvalue weighted by atomic mass is 10.4. The van der Waals surface area contributed by atoms with Gasteiger partial charge in [0.1, 0.15) is 4.88 Å². The number of rotatable bonds is 2. The zero-order valence-corrected chi connectivity index (χ0v) is 9.05. The number of morpholine rings is 1. The van der Waals surface area contributed by atoms with Crippen LogP contribution in [0.15, 0.2) is 11.4 Å². The van der Waals surface area contributed by atoms with Gasteiger partial charge in [0, 0.05) is 13.1 Å². The molecule has 1 fully saturated rings. The van der Waals surface area contributed by atoms with Crippen LogP contribution in [0.2, 0.25) is 0 Å². The number of thiophene rings is 1. The number of ether oxygens (including phenoxy) is 1. The van der Waals surface area contributed by atoms with Gasteiger partial charge >= 0.3 is 0 Å². The number of hydrazine groups is 1. The summed E-state index contributed by atoms with van der Waals surface area (Å²) in [4.78, 5) is 12.3. The molecule has 2 heterocycles. The molecule has 0 unspecified atom stereocenters. The SMILES string of the molecule is Nc1ccsc1C(=O)NN1CCOCC1. The molecule has 1 aliphatic heterocycles. The van der Waals surface area contributed by atoms with E-state index in [1.54, 1.807) is 6.07 Å². The molecule has 0 bridgehead atoms. The first kappa shape index (κ1) is 10.4. The second-order valence-corrected chi connectivity index (χ2v) is 4.16. The molecule has 6 heteroatoms. The summed E-state index contributed by atoms with van der Waals surface area (Å²) in [7, 11) is 0. The molecule has 1 saturated heterocycles. The Morgan fingerprint density at radius 2 is 2.27 bits per heavy atom. The zero-order chi connectivity index (χ0) is 10.7. The molecule has 0 saturated carbocycles. The van der Waals surface area contributed by atoms with Gasteiger partial charge in [-0.2, -0.15) is 0 Å². The highest BCUT2D eigenvalue weighted by Gasteiger charge is 2.16. The van der Waals surface area contributed by atoms with Gasteiger partial charge in [-0.25, -0.2) is 5.01 Å². The summed E-state index contributed by atoms with van der Waals surface area (Å²) in [5.74, 6) is -0.135. The summed E-state index contributed by atoms with van der Waals surface area (Å²) in [6.07, 6.45) is 0. The molecular weight excluding hydrogens is 214 g/mol. The fourth-order valence-corrected chi connectivity index (χ4v) is 2.08. The number of hydrogen-bond acceptors (Lipinski definition) is 5. The predicted molar refractivity (Wildman–Crippen MR) is 58.6 cm³/mol. The van der Waals surface area contributed by atoms with Gasteiger partial charge in [0.05, 0.1) is 18.9 Å². The number of nitrogens with one attached hydrogen (secondary N) is 1. The highest BCUT2D eigenvalue weighted by molar-refractivity contribution is 7.12. The normalized spacial score (nSPS) is 17.6. The Kier molecular flexibility index (Phi) is 3.20. The molecule has 0 atom stereocenters. The third kappa shape index (κ3) is 2.47. The lowest BCUT2D eigenvalue weighted by Crippen LogP contribution is -2.48. The van der Waals surface area contributed by atoms with Crippen molar-refractivity contribution < 1.29 is 9.53 Å². The molecule has 0 spiro atoms. The van der Waals surface area contributed by atoms with Crippen molar-refractivity contribution in [1.82, 2.24) is 10.4 Å². The molecule has 82 valence electrons. The van der Waals surface area contributed by atoms with E-state index < -0.39 is 0 Å². The molecule has 3 N–H and O–H groups in total. The van der Waals surface area contributed by atoms with Crippen molar-refractivity contribution in [3.8, 4) is 0 Å². The number of nitrogens with two attached hydrogens (primary N) is 1. The van der Waals surface area contributed by atoms with Crippen molar-refractivity contribution in [2.45, 2.75) is 0 Å². The first-order chi connectivity index (χ1) is 7.27. The van der Waals surface area contributed by atoms with Crippen LogP contribution in [0.4, 0.5) is 5.69 Å². The van der Waals surface area contributed by atoms with E-state index in [0.717, 1.165) is 13.1 Å². The average Bonchev–Trinajstić information content (AvgIpc) is 2.66. The van der Waals surface area contributed by atoms with E-state index in [1.807, 2.05) is 10.4 Å². The van der Waals surface area contributed by atoms with E-state index in [9.17, 15) is 4.79 Å². The fraction of sp³-hybridized carbons (Fsp3) is 0.444. The minimum Gasteiger partial charge on any atom is -0.397 e. The lowest BCUT2D eigenvalue weighted by molar-refractivity contribution is 0.0128. The summed E-state index contributed by atoms with van der Waals surface area (Å²) < 4.78 is 5.18. The largest absolute Gasteiger partial charge is 0.397 e. The van der Waals surface area contributed by atoms with Crippen LogP contribution in [0.1, 0.15) is 9.67 Å². The first-order valence-electron chi connectivity index (χ1n) is 4.74. The molecule has 0 radical (unpaired) electrons. The standard InChI is InChI=1S/C9H13N3O2S/c10-7-1-6-15-8(7)9(13)11-12-2-4-14-5-3-12/h1,6H,2-5,10H2,(H,11,13). The summed E-state index contributed by atoms with van der Waals surface area (Å²) in [5, 5.41) is 3.66. The molecule has 0 aliphatic carbocycles. The molecule has 1 aromatic heterocycles. The Morgan fingerprint density at radius 3 is 2.87 bits per heavy atom.